The summed E-state index contributed by atoms with van der Waals surface area (Å²) in [5.74, 6) is 0.643. The predicted molar refractivity (Wildman–Crippen MR) is 79.1 cm³/mol. The smallest absolute Gasteiger partial charge is 0.200 e. The molecule has 96 valence electrons. The highest BCUT2D eigenvalue weighted by molar-refractivity contribution is 5.82. The van der Waals surface area contributed by atoms with E-state index < -0.39 is 0 Å². The van der Waals surface area contributed by atoms with E-state index in [1.54, 1.807) is 0 Å². The molecule has 0 atom stereocenters. The van der Waals surface area contributed by atoms with Gasteiger partial charge in [0.1, 0.15) is 11.3 Å². The molecule has 1 aromatic heterocycles. The summed E-state index contributed by atoms with van der Waals surface area (Å²) in [5.41, 5.74) is 2.35. The van der Waals surface area contributed by atoms with Crippen LogP contribution >= 0.6 is 0 Å². The third-order valence-electron chi connectivity index (χ3n) is 3.46. The van der Waals surface area contributed by atoms with E-state index in [1.807, 2.05) is 43.4 Å². The van der Waals surface area contributed by atoms with Gasteiger partial charge in [-0.25, -0.2) is 0 Å². The maximum atomic E-state index is 12.5. The molecule has 2 aromatic rings. The van der Waals surface area contributed by atoms with Crippen LogP contribution in [0.15, 0.2) is 39.6 Å². The summed E-state index contributed by atoms with van der Waals surface area (Å²) in [6, 6.07) is 5.68. The van der Waals surface area contributed by atoms with E-state index in [2.05, 4.69) is 19.9 Å². The molecule has 0 saturated heterocycles. The van der Waals surface area contributed by atoms with Gasteiger partial charge in [0.05, 0.1) is 10.9 Å². The predicted octanol–water partition coefficient (Wildman–Crippen LogP) is 4.17. The first-order valence-corrected chi connectivity index (χ1v) is 6.42. The van der Waals surface area contributed by atoms with E-state index in [9.17, 15) is 4.79 Å². The van der Waals surface area contributed by atoms with Crippen molar-refractivity contribution in [2.75, 3.05) is 0 Å². The number of hydrogen-bond acceptors (Lipinski definition) is 2. The fourth-order valence-corrected chi connectivity index (χ4v) is 2.26. The second-order valence-corrected chi connectivity index (χ2v) is 5.70. The zero-order valence-corrected chi connectivity index (χ0v) is 11.4. The number of hydrogen-bond donors (Lipinski definition) is 0. The molecule has 2 heteroatoms. The maximum absolute atomic E-state index is 12.5. The summed E-state index contributed by atoms with van der Waals surface area (Å²) in [7, 11) is 0. The van der Waals surface area contributed by atoms with Crippen molar-refractivity contribution in [1.29, 1.82) is 0 Å². The van der Waals surface area contributed by atoms with Crippen LogP contribution in [0.2, 0.25) is 0 Å². The molecule has 0 saturated carbocycles. The van der Waals surface area contributed by atoms with Crippen molar-refractivity contribution in [3.8, 4) is 0 Å². The third-order valence-corrected chi connectivity index (χ3v) is 3.46. The lowest BCUT2D eigenvalue weighted by Gasteiger charge is -2.11. The monoisotopic (exact) mass is 252 g/mol. The Morgan fingerprint density at radius 3 is 2.63 bits per heavy atom. The van der Waals surface area contributed by atoms with Crippen LogP contribution in [-0.2, 0) is 0 Å². The minimum Gasteiger partial charge on any atom is -0.456 e. The second-order valence-electron chi connectivity index (χ2n) is 5.70. The molecule has 0 bridgehead atoms. The largest absolute Gasteiger partial charge is 0.456 e. The highest BCUT2D eigenvalue weighted by Crippen LogP contribution is 2.28. The van der Waals surface area contributed by atoms with Crippen LogP contribution in [0.4, 0.5) is 0 Å². The molecule has 1 aromatic carbocycles. The van der Waals surface area contributed by atoms with Gasteiger partial charge in [-0.1, -0.05) is 38.1 Å². The van der Waals surface area contributed by atoms with E-state index in [0.29, 0.717) is 22.3 Å². The normalized spacial score (nSPS) is 16.4. The minimum atomic E-state index is -0.0664. The van der Waals surface area contributed by atoms with E-state index in [-0.39, 0.29) is 10.8 Å². The van der Waals surface area contributed by atoms with Crippen LogP contribution in [0, 0.1) is 12.3 Å². The number of aryl methyl sites for hydroxylation is 1. The Balaban J connectivity index is 2.38. The van der Waals surface area contributed by atoms with Gasteiger partial charge in [-0.05, 0) is 30.7 Å². The van der Waals surface area contributed by atoms with Crippen LogP contribution in [0.25, 0.3) is 23.1 Å². The number of allylic oxidation sites excluding steroid dienone is 2. The van der Waals surface area contributed by atoms with Crippen molar-refractivity contribution >= 4 is 23.1 Å². The van der Waals surface area contributed by atoms with Crippen LogP contribution in [-0.4, -0.2) is 0 Å². The molecule has 0 spiro atoms. The Kier molecular flexibility index (Phi) is 2.49. The highest BCUT2D eigenvalue weighted by atomic mass is 16.3. The van der Waals surface area contributed by atoms with Crippen molar-refractivity contribution in [3.05, 3.63) is 57.5 Å². The Bertz CT molecular complexity index is 774. The fourth-order valence-electron chi connectivity index (χ4n) is 2.26. The summed E-state index contributed by atoms with van der Waals surface area (Å²) in [6.07, 6.45) is 7.87. The second kappa shape index (κ2) is 3.95. The SMILES string of the molecule is Cc1ccc2c(=O)c3c(oc2c1)C=CC(C)(C)C=C3. The fraction of sp³-hybridized carbons (Fsp3) is 0.235. The molecule has 1 heterocycles. The Morgan fingerprint density at radius 2 is 1.84 bits per heavy atom. The molecule has 1 aliphatic carbocycles. The number of fused-ring (bicyclic) bond motifs is 2. The molecule has 0 aliphatic heterocycles. The van der Waals surface area contributed by atoms with E-state index >= 15 is 0 Å². The van der Waals surface area contributed by atoms with E-state index in [4.69, 9.17) is 4.42 Å². The van der Waals surface area contributed by atoms with Gasteiger partial charge in [0.25, 0.3) is 0 Å². The van der Waals surface area contributed by atoms with Crippen molar-refractivity contribution in [2.45, 2.75) is 20.8 Å². The summed E-state index contributed by atoms with van der Waals surface area (Å²) < 4.78 is 5.88. The minimum absolute atomic E-state index is 0.0369. The van der Waals surface area contributed by atoms with Crippen LogP contribution in [0.3, 0.4) is 0 Å². The number of rotatable bonds is 0. The molecule has 19 heavy (non-hydrogen) atoms. The molecular weight excluding hydrogens is 236 g/mol. The molecular formula is C17H16O2. The summed E-state index contributed by atoms with van der Waals surface area (Å²) in [4.78, 5) is 12.5. The van der Waals surface area contributed by atoms with Gasteiger partial charge in [0.15, 0.2) is 0 Å². The first-order valence-electron chi connectivity index (χ1n) is 6.42. The van der Waals surface area contributed by atoms with Crippen molar-refractivity contribution in [3.63, 3.8) is 0 Å². The quantitative estimate of drug-likeness (QED) is 0.704. The molecule has 0 radical (unpaired) electrons. The van der Waals surface area contributed by atoms with Crippen molar-refractivity contribution in [1.82, 2.24) is 0 Å². The molecule has 0 amide bonds. The average molecular weight is 252 g/mol. The Morgan fingerprint density at radius 1 is 1.11 bits per heavy atom. The lowest BCUT2D eigenvalue weighted by molar-refractivity contribution is 0.587. The van der Waals surface area contributed by atoms with Gasteiger partial charge >= 0.3 is 0 Å². The lowest BCUT2D eigenvalue weighted by atomic mass is 9.93. The molecule has 0 unspecified atom stereocenters. The number of benzene rings is 1. The zero-order chi connectivity index (χ0) is 13.6. The summed E-state index contributed by atoms with van der Waals surface area (Å²) in [5, 5.41) is 0.641. The molecule has 1 aliphatic rings. The van der Waals surface area contributed by atoms with Gasteiger partial charge in [-0.15, -0.1) is 0 Å². The van der Waals surface area contributed by atoms with Gasteiger partial charge < -0.3 is 4.42 Å². The first-order chi connectivity index (χ1) is 8.96. The molecule has 0 fully saturated rings. The Labute approximate surface area is 112 Å². The topological polar surface area (TPSA) is 30.2 Å². The maximum Gasteiger partial charge on any atom is 0.200 e. The third kappa shape index (κ3) is 2.03. The first kappa shape index (κ1) is 12.0. The molecule has 0 N–H and O–H groups in total. The summed E-state index contributed by atoms with van der Waals surface area (Å²) in [6.45, 7) is 6.18. The lowest BCUT2D eigenvalue weighted by Crippen LogP contribution is -2.07. The van der Waals surface area contributed by atoms with Crippen molar-refractivity contribution < 1.29 is 4.42 Å². The van der Waals surface area contributed by atoms with Gasteiger partial charge in [-0.3, -0.25) is 4.79 Å². The zero-order valence-electron chi connectivity index (χ0n) is 11.4. The Hall–Kier alpha value is -2.09. The van der Waals surface area contributed by atoms with Crippen molar-refractivity contribution in [2.24, 2.45) is 5.41 Å². The molecule has 2 nitrogen and oxygen atoms in total. The van der Waals surface area contributed by atoms with Crippen LogP contribution in [0.5, 0.6) is 0 Å². The van der Waals surface area contributed by atoms with E-state index in [0.717, 1.165) is 5.56 Å². The highest BCUT2D eigenvalue weighted by Gasteiger charge is 2.17. The van der Waals surface area contributed by atoms with Crippen LogP contribution < -0.4 is 5.43 Å². The summed E-state index contributed by atoms with van der Waals surface area (Å²) >= 11 is 0. The van der Waals surface area contributed by atoms with Crippen LogP contribution in [0.1, 0.15) is 30.7 Å². The molecule has 3 rings (SSSR count). The van der Waals surface area contributed by atoms with E-state index in [1.165, 1.54) is 0 Å². The van der Waals surface area contributed by atoms with Gasteiger partial charge in [-0.2, -0.15) is 0 Å². The standard InChI is InChI=1S/C17H16O2/c1-11-4-5-12-15(10-11)19-14-7-9-17(2,3)8-6-13(14)16(12)18/h4-10H,1-3H3. The van der Waals surface area contributed by atoms with Gasteiger partial charge in [0.2, 0.25) is 5.43 Å². The van der Waals surface area contributed by atoms with Gasteiger partial charge in [0, 0.05) is 5.41 Å². The average Bonchev–Trinajstić information content (AvgIpc) is 2.49.